The first-order chi connectivity index (χ1) is 17.6. The van der Waals surface area contributed by atoms with Crippen LogP contribution in [0.3, 0.4) is 0 Å². The fourth-order valence-corrected chi connectivity index (χ4v) is 4.46. The predicted molar refractivity (Wildman–Crippen MR) is 132 cm³/mol. The van der Waals surface area contributed by atoms with Crippen LogP contribution in [0.2, 0.25) is 0 Å². The Morgan fingerprint density at radius 3 is 2.24 bits per heavy atom. The average molecular weight is 517 g/mol. The van der Waals surface area contributed by atoms with Gasteiger partial charge in [-0.3, -0.25) is 9.59 Å². The molecule has 0 bridgehead atoms. The molecule has 2 aromatic rings. The maximum Gasteiger partial charge on any atom is 0.281 e. The van der Waals surface area contributed by atoms with Crippen molar-refractivity contribution in [1.29, 1.82) is 0 Å². The fraction of sp³-hybridized carbons (Fsp3) is 0.522. The fourth-order valence-electron chi connectivity index (χ4n) is 4.46. The monoisotopic (exact) mass is 516 g/mol. The number of piperidine rings is 1. The summed E-state index contributed by atoms with van der Waals surface area (Å²) in [7, 11) is 0. The summed E-state index contributed by atoms with van der Waals surface area (Å²) < 4.78 is 27.0. The maximum absolute atomic E-state index is 13.5. The zero-order valence-electron chi connectivity index (χ0n) is 20.8. The topological polar surface area (TPSA) is 160 Å². The molecular formula is C23H30F2N10O2. The van der Waals surface area contributed by atoms with E-state index in [9.17, 15) is 18.4 Å². The summed E-state index contributed by atoms with van der Waals surface area (Å²) in [6.45, 7) is 6.65. The van der Waals surface area contributed by atoms with E-state index < -0.39 is 12.1 Å². The van der Waals surface area contributed by atoms with Crippen molar-refractivity contribution in [3.63, 3.8) is 0 Å². The highest BCUT2D eigenvalue weighted by atomic mass is 19.3. The van der Waals surface area contributed by atoms with Gasteiger partial charge in [-0.1, -0.05) is 5.57 Å². The molecule has 0 radical (unpaired) electrons. The van der Waals surface area contributed by atoms with Crippen molar-refractivity contribution >= 4 is 29.7 Å². The van der Waals surface area contributed by atoms with Crippen molar-refractivity contribution in [1.82, 2.24) is 34.7 Å². The molecule has 198 valence electrons. The second-order valence-electron chi connectivity index (χ2n) is 9.28. The smallest absolute Gasteiger partial charge is 0.281 e. The lowest BCUT2D eigenvalue weighted by molar-refractivity contribution is -0.139. The first kappa shape index (κ1) is 26.1. The van der Waals surface area contributed by atoms with Crippen LogP contribution in [-0.4, -0.2) is 85.8 Å². The van der Waals surface area contributed by atoms with Gasteiger partial charge in [0.1, 0.15) is 5.69 Å². The number of halogens is 2. The van der Waals surface area contributed by atoms with E-state index in [4.69, 9.17) is 11.5 Å². The predicted octanol–water partition coefficient (Wildman–Crippen LogP) is 1.28. The van der Waals surface area contributed by atoms with Crippen LogP contribution in [0.4, 0.5) is 26.6 Å². The summed E-state index contributed by atoms with van der Waals surface area (Å²) >= 11 is 0. The zero-order chi connectivity index (χ0) is 26.7. The number of aromatic nitrogens is 5. The first-order valence-corrected chi connectivity index (χ1v) is 12.0. The Kier molecular flexibility index (Phi) is 7.74. The molecule has 2 amide bonds. The van der Waals surface area contributed by atoms with Crippen molar-refractivity contribution in [2.75, 3.05) is 55.6 Å². The molecule has 0 saturated carbocycles. The number of hydrogen-bond acceptors (Lipinski definition) is 10. The standard InChI is InChI=1S/C23H30F2N10O2/c1-13(2)11-16(36)33-5-3-14(4-6-33)20(37)34-7-9-35(10-8-34)23-31-19(30-22(27)32-23)15-12-28-21(26)29-17(15)18(24)25/h11-12,14,18H,3-10H2,1-2H3,(H2,26,28,29)(H2,27,30,31,32). The summed E-state index contributed by atoms with van der Waals surface area (Å²) in [6.07, 6.45) is 1.11. The van der Waals surface area contributed by atoms with Gasteiger partial charge in [0.15, 0.2) is 5.82 Å². The maximum atomic E-state index is 13.5. The van der Waals surface area contributed by atoms with Gasteiger partial charge in [-0.2, -0.15) is 15.0 Å². The molecule has 2 aliphatic rings. The Hall–Kier alpha value is -3.97. The van der Waals surface area contributed by atoms with Gasteiger partial charge in [-0.05, 0) is 26.7 Å². The molecule has 2 saturated heterocycles. The number of amides is 2. The van der Waals surface area contributed by atoms with E-state index in [-0.39, 0.29) is 47.0 Å². The number of nitrogens with zero attached hydrogens (tertiary/aromatic N) is 8. The number of carbonyl (C=O) groups excluding carboxylic acids is 2. The van der Waals surface area contributed by atoms with Crippen LogP contribution in [0.5, 0.6) is 0 Å². The molecule has 2 aliphatic heterocycles. The van der Waals surface area contributed by atoms with Crippen molar-refractivity contribution in [2.24, 2.45) is 5.92 Å². The van der Waals surface area contributed by atoms with Crippen LogP contribution in [0.25, 0.3) is 11.4 Å². The SMILES string of the molecule is CC(C)=CC(=O)N1CCC(C(=O)N2CCN(c3nc(N)nc(-c4cnc(N)nc4C(F)F)n3)CC2)CC1. The highest BCUT2D eigenvalue weighted by Crippen LogP contribution is 2.29. The van der Waals surface area contributed by atoms with Gasteiger partial charge >= 0.3 is 0 Å². The lowest BCUT2D eigenvalue weighted by Gasteiger charge is -2.38. The number of carbonyl (C=O) groups is 2. The Labute approximate surface area is 212 Å². The molecule has 0 atom stereocenters. The summed E-state index contributed by atoms with van der Waals surface area (Å²) in [4.78, 5) is 50.6. The van der Waals surface area contributed by atoms with E-state index >= 15 is 0 Å². The van der Waals surface area contributed by atoms with Gasteiger partial charge in [0, 0.05) is 57.5 Å². The Morgan fingerprint density at radius 1 is 0.946 bits per heavy atom. The molecule has 0 aliphatic carbocycles. The van der Waals surface area contributed by atoms with E-state index in [1.165, 1.54) is 0 Å². The normalized spacial score (nSPS) is 16.7. The molecule has 0 unspecified atom stereocenters. The molecular weight excluding hydrogens is 486 g/mol. The molecule has 2 aromatic heterocycles. The lowest BCUT2D eigenvalue weighted by Crippen LogP contribution is -2.52. The molecule has 4 heterocycles. The third-order valence-corrected chi connectivity index (χ3v) is 6.37. The summed E-state index contributed by atoms with van der Waals surface area (Å²) in [6, 6.07) is 0. The molecule has 0 aromatic carbocycles. The second-order valence-corrected chi connectivity index (χ2v) is 9.28. The minimum absolute atomic E-state index is 0.0123. The molecule has 4 N–H and O–H groups in total. The number of nitrogens with two attached hydrogens (primary N) is 2. The minimum atomic E-state index is -2.91. The van der Waals surface area contributed by atoms with Gasteiger partial charge in [0.2, 0.25) is 29.7 Å². The van der Waals surface area contributed by atoms with E-state index in [2.05, 4.69) is 24.9 Å². The number of allylic oxidation sites excluding steroid dienone is 1. The largest absolute Gasteiger partial charge is 0.368 e. The van der Waals surface area contributed by atoms with Crippen molar-refractivity contribution < 1.29 is 18.4 Å². The molecule has 4 rings (SSSR count). The summed E-state index contributed by atoms with van der Waals surface area (Å²) in [5, 5.41) is 0. The number of likely N-dealkylation sites (tertiary alicyclic amines) is 1. The number of alkyl halides is 2. The van der Waals surface area contributed by atoms with Crippen molar-refractivity contribution in [2.45, 2.75) is 33.1 Å². The van der Waals surface area contributed by atoms with Crippen LogP contribution in [0, 0.1) is 5.92 Å². The third-order valence-electron chi connectivity index (χ3n) is 6.37. The quantitative estimate of drug-likeness (QED) is 0.554. The second kappa shape index (κ2) is 11.0. The van der Waals surface area contributed by atoms with Gasteiger partial charge in [0.05, 0.1) is 5.56 Å². The minimum Gasteiger partial charge on any atom is -0.368 e. The van der Waals surface area contributed by atoms with Crippen LogP contribution >= 0.6 is 0 Å². The Balaban J connectivity index is 1.39. The van der Waals surface area contributed by atoms with Crippen molar-refractivity contribution in [3.8, 4) is 11.4 Å². The van der Waals surface area contributed by atoms with E-state index in [1.807, 2.05) is 23.6 Å². The highest BCUT2D eigenvalue weighted by molar-refractivity contribution is 5.88. The molecule has 0 spiro atoms. The first-order valence-electron chi connectivity index (χ1n) is 12.0. The highest BCUT2D eigenvalue weighted by Gasteiger charge is 2.32. The Morgan fingerprint density at radius 2 is 1.62 bits per heavy atom. The number of anilines is 3. The molecule has 12 nitrogen and oxygen atoms in total. The average Bonchev–Trinajstić information content (AvgIpc) is 2.87. The van der Waals surface area contributed by atoms with E-state index in [0.717, 1.165) is 11.8 Å². The summed E-state index contributed by atoms with van der Waals surface area (Å²) in [5.41, 5.74) is 11.6. The molecule has 14 heteroatoms. The van der Waals surface area contributed by atoms with E-state index in [1.54, 1.807) is 11.0 Å². The molecule has 37 heavy (non-hydrogen) atoms. The zero-order valence-corrected chi connectivity index (χ0v) is 20.8. The molecule has 2 fully saturated rings. The number of piperazine rings is 1. The van der Waals surface area contributed by atoms with Gasteiger partial charge in [-0.15, -0.1) is 0 Å². The lowest BCUT2D eigenvalue weighted by atomic mass is 9.95. The van der Waals surface area contributed by atoms with Gasteiger partial charge < -0.3 is 26.2 Å². The number of hydrogen-bond donors (Lipinski definition) is 2. The van der Waals surface area contributed by atoms with Crippen molar-refractivity contribution in [3.05, 3.63) is 23.5 Å². The van der Waals surface area contributed by atoms with Crippen LogP contribution in [0.15, 0.2) is 17.8 Å². The Bertz CT molecular complexity index is 1190. The van der Waals surface area contributed by atoms with Crippen LogP contribution in [0.1, 0.15) is 38.8 Å². The number of rotatable bonds is 5. The summed E-state index contributed by atoms with van der Waals surface area (Å²) in [5.74, 6) is -0.340. The number of nitrogen functional groups attached to an aromatic ring is 2. The van der Waals surface area contributed by atoms with Crippen LogP contribution in [-0.2, 0) is 9.59 Å². The van der Waals surface area contributed by atoms with Gasteiger partial charge in [0.25, 0.3) is 6.43 Å². The van der Waals surface area contributed by atoms with E-state index in [0.29, 0.717) is 52.1 Å². The third kappa shape index (κ3) is 6.06. The van der Waals surface area contributed by atoms with Crippen LogP contribution < -0.4 is 16.4 Å². The van der Waals surface area contributed by atoms with Gasteiger partial charge in [-0.25, -0.2) is 18.7 Å².